The van der Waals surface area contributed by atoms with Crippen LogP contribution in [0.5, 0.6) is 5.88 Å². The van der Waals surface area contributed by atoms with Gasteiger partial charge in [0.2, 0.25) is 5.88 Å². The average Bonchev–Trinajstić information content (AvgIpc) is 2.89. The van der Waals surface area contributed by atoms with Crippen molar-refractivity contribution in [2.45, 2.75) is 30.4 Å². The molecule has 2 aromatic rings. The third kappa shape index (κ3) is 5.53. The van der Waals surface area contributed by atoms with Crippen molar-refractivity contribution in [1.82, 2.24) is 9.89 Å². The van der Waals surface area contributed by atoms with E-state index in [2.05, 4.69) is 10.2 Å². The van der Waals surface area contributed by atoms with E-state index in [4.69, 9.17) is 33.2 Å². The van der Waals surface area contributed by atoms with Gasteiger partial charge in [0.15, 0.2) is 5.69 Å². The zero-order chi connectivity index (χ0) is 22.9. The van der Waals surface area contributed by atoms with Crippen molar-refractivity contribution in [3.63, 3.8) is 0 Å². The number of nitriles is 1. The third-order valence-corrected chi connectivity index (χ3v) is 4.77. The van der Waals surface area contributed by atoms with Gasteiger partial charge >= 0.3 is 11.7 Å². The summed E-state index contributed by atoms with van der Waals surface area (Å²) in [5, 5.41) is 15.9. The molecule has 0 unspecified atom stereocenters. The Morgan fingerprint density at radius 1 is 1.23 bits per heavy atom. The van der Waals surface area contributed by atoms with Crippen LogP contribution in [0.2, 0.25) is 10.0 Å². The van der Waals surface area contributed by atoms with Gasteiger partial charge in [-0.1, -0.05) is 23.2 Å². The molecular weight excluding hydrogens is 481 g/mol. The van der Waals surface area contributed by atoms with Crippen molar-refractivity contribution >= 4 is 40.7 Å². The molecule has 0 saturated heterocycles. The molecule has 0 fully saturated rings. The molecule has 2 rings (SSSR count). The van der Waals surface area contributed by atoms with Crippen LogP contribution in [0, 0.1) is 11.3 Å². The molecule has 14 heteroatoms. The molecule has 0 spiro atoms. The summed E-state index contributed by atoms with van der Waals surface area (Å²) < 4.78 is 82.4. The number of ether oxygens (including phenoxy) is 1. The van der Waals surface area contributed by atoms with Crippen LogP contribution >= 0.6 is 35.0 Å². The maximum atomic E-state index is 12.9. The Hall–Kier alpha value is -2.10. The fourth-order valence-corrected chi connectivity index (χ4v) is 3.66. The van der Waals surface area contributed by atoms with Crippen LogP contribution in [0.4, 0.5) is 26.3 Å². The number of alkyl halides is 6. The van der Waals surface area contributed by atoms with Gasteiger partial charge in [-0.25, -0.2) is 0 Å². The lowest BCUT2D eigenvalue weighted by atomic mass is 10.1. The van der Waals surface area contributed by atoms with Crippen LogP contribution in [-0.4, -0.2) is 27.7 Å². The molecule has 0 aliphatic rings. The van der Waals surface area contributed by atoms with E-state index in [1.54, 1.807) is 0 Å². The number of rotatable bonds is 5. The van der Waals surface area contributed by atoms with E-state index in [9.17, 15) is 26.3 Å². The zero-order valence-corrected chi connectivity index (χ0v) is 17.3. The fraction of sp³-hybridized carbons (Fsp3) is 0.312. The summed E-state index contributed by atoms with van der Waals surface area (Å²) in [6.45, 7) is 2.73. The highest BCUT2D eigenvalue weighted by Gasteiger charge is 2.36. The Bertz CT molecular complexity index is 1000. The van der Waals surface area contributed by atoms with Crippen LogP contribution in [0.15, 0.2) is 22.1 Å². The van der Waals surface area contributed by atoms with Crippen molar-refractivity contribution in [2.75, 3.05) is 6.61 Å². The molecule has 0 radical (unpaired) electrons. The minimum atomic E-state index is -4.73. The number of hydrogen-bond donors (Lipinski definition) is 0. The van der Waals surface area contributed by atoms with Gasteiger partial charge in [0.1, 0.15) is 11.0 Å². The molecule has 0 amide bonds. The van der Waals surface area contributed by atoms with Gasteiger partial charge in [-0.15, -0.1) is 9.89 Å². The largest absolute Gasteiger partial charge is 0.476 e. The molecule has 0 atom stereocenters. The maximum Gasteiger partial charge on any atom is 0.446 e. The van der Waals surface area contributed by atoms with Crippen LogP contribution < -0.4 is 4.74 Å². The highest BCUT2D eigenvalue weighted by atomic mass is 35.5. The lowest BCUT2D eigenvalue weighted by Gasteiger charge is -2.12. The number of thioether (sulfide) groups is 1. The highest BCUT2D eigenvalue weighted by Crippen LogP contribution is 2.43. The molecule has 0 bridgehead atoms. The molecule has 1 heterocycles. The van der Waals surface area contributed by atoms with Gasteiger partial charge in [0.05, 0.1) is 27.9 Å². The Morgan fingerprint density at radius 2 is 1.80 bits per heavy atom. The number of aromatic nitrogens is 2. The summed E-state index contributed by atoms with van der Waals surface area (Å²) in [6, 6.07) is 2.80. The molecule has 0 N–H and O–H groups in total. The quantitative estimate of drug-likeness (QED) is 0.277. The van der Waals surface area contributed by atoms with E-state index in [0.29, 0.717) is 16.9 Å². The smallest absolute Gasteiger partial charge is 0.446 e. The van der Waals surface area contributed by atoms with E-state index >= 15 is 0 Å². The summed E-state index contributed by atoms with van der Waals surface area (Å²) >= 11 is 11.2. The number of hydrogen-bond acceptors (Lipinski definition) is 5. The van der Waals surface area contributed by atoms with E-state index in [-0.39, 0.29) is 27.9 Å². The zero-order valence-electron chi connectivity index (χ0n) is 15.0. The second kappa shape index (κ2) is 8.95. The lowest BCUT2D eigenvalue weighted by Crippen LogP contribution is -2.09. The summed E-state index contributed by atoms with van der Waals surface area (Å²) in [5.74, 6) is -0.463. The van der Waals surface area contributed by atoms with E-state index in [1.807, 2.05) is 0 Å². The van der Waals surface area contributed by atoms with Gasteiger partial charge in [-0.3, -0.25) is 0 Å². The van der Waals surface area contributed by atoms with Crippen molar-refractivity contribution in [1.29, 1.82) is 5.26 Å². The van der Waals surface area contributed by atoms with Crippen molar-refractivity contribution in [3.05, 3.63) is 39.0 Å². The predicted molar refractivity (Wildman–Crippen MR) is 99.1 cm³/mol. The van der Waals surface area contributed by atoms with Crippen LogP contribution in [0.3, 0.4) is 0 Å². The minimum Gasteiger partial charge on any atom is -0.476 e. The first-order chi connectivity index (χ1) is 13.8. The van der Waals surface area contributed by atoms with Crippen molar-refractivity contribution in [3.8, 4) is 11.9 Å². The summed E-state index contributed by atoms with van der Waals surface area (Å²) in [7, 11) is 0. The molecule has 30 heavy (non-hydrogen) atoms. The first-order valence-corrected chi connectivity index (χ1v) is 9.39. The molecule has 1 aromatic heterocycles. The van der Waals surface area contributed by atoms with Crippen LogP contribution in [-0.2, 0) is 6.18 Å². The van der Waals surface area contributed by atoms with E-state index in [1.165, 1.54) is 19.9 Å². The van der Waals surface area contributed by atoms with Gasteiger partial charge in [-0.05, 0) is 37.7 Å². The molecule has 1 aromatic carbocycles. The number of benzene rings is 1. The SMILES string of the molecule is CCOc1c(SC(F)(F)F)c(C#N)nn1N=C(C)c1c(Cl)cc(C(F)(F)F)cc1Cl. The monoisotopic (exact) mass is 490 g/mol. The van der Waals surface area contributed by atoms with E-state index in [0.717, 1.165) is 0 Å². The second-order valence-corrected chi connectivity index (χ2v) is 7.35. The highest BCUT2D eigenvalue weighted by molar-refractivity contribution is 8.00. The Labute approximate surface area is 180 Å². The molecule has 5 nitrogen and oxygen atoms in total. The number of halogens is 8. The molecular formula is C16H10Cl2F6N4OS. The Kier molecular flexibility index (Phi) is 7.21. The normalized spacial score (nSPS) is 12.8. The minimum absolute atomic E-state index is 0.0711. The van der Waals surface area contributed by atoms with Crippen molar-refractivity contribution in [2.24, 2.45) is 5.10 Å². The second-order valence-electron chi connectivity index (χ2n) is 5.46. The standard InChI is InChI=1S/C16H10Cl2F6N4OS/c1-3-29-14-13(30-16(22,23)24)11(6-25)27-28(14)26-7(2)12-9(17)4-8(5-10(12)18)15(19,20)21/h4-5H,3H2,1-2H3. The first kappa shape index (κ1) is 24.2. The average molecular weight is 491 g/mol. The Morgan fingerprint density at radius 3 is 2.23 bits per heavy atom. The first-order valence-electron chi connectivity index (χ1n) is 7.82. The van der Waals surface area contributed by atoms with Gasteiger partial charge < -0.3 is 4.74 Å². The molecule has 0 aliphatic heterocycles. The maximum absolute atomic E-state index is 12.9. The lowest BCUT2D eigenvalue weighted by molar-refractivity contribution is -0.137. The van der Waals surface area contributed by atoms with Gasteiger partial charge in [0, 0.05) is 5.56 Å². The third-order valence-electron chi connectivity index (χ3n) is 3.37. The summed E-state index contributed by atoms with van der Waals surface area (Å²) in [6.07, 6.45) is -4.69. The van der Waals surface area contributed by atoms with Gasteiger partial charge in [-0.2, -0.15) is 36.7 Å². The summed E-state index contributed by atoms with van der Waals surface area (Å²) in [4.78, 5) is 0.0310. The van der Waals surface area contributed by atoms with Crippen molar-refractivity contribution < 1.29 is 31.1 Å². The fourth-order valence-electron chi connectivity index (χ4n) is 2.26. The number of nitrogens with zero attached hydrogens (tertiary/aromatic N) is 4. The predicted octanol–water partition coefficient (Wildman–Crippen LogP) is 6.36. The van der Waals surface area contributed by atoms with E-state index < -0.39 is 45.5 Å². The molecule has 0 saturated carbocycles. The molecule has 0 aliphatic carbocycles. The van der Waals surface area contributed by atoms with Gasteiger partial charge in [0.25, 0.3) is 0 Å². The Balaban J connectivity index is 2.62. The van der Waals surface area contributed by atoms with Crippen LogP contribution in [0.1, 0.15) is 30.7 Å². The summed E-state index contributed by atoms with van der Waals surface area (Å²) in [5.41, 5.74) is -6.58. The molecule has 162 valence electrons. The van der Waals surface area contributed by atoms with Crippen LogP contribution in [0.25, 0.3) is 0 Å². The topological polar surface area (TPSA) is 63.2 Å².